The van der Waals surface area contributed by atoms with Gasteiger partial charge >= 0.3 is 0 Å². The van der Waals surface area contributed by atoms with Crippen LogP contribution in [0, 0.1) is 0 Å². The summed E-state index contributed by atoms with van der Waals surface area (Å²) in [7, 11) is 1.70. The molecule has 1 saturated carbocycles. The van der Waals surface area contributed by atoms with E-state index in [0.29, 0.717) is 12.6 Å². The number of hydrogen-bond acceptors (Lipinski definition) is 4. The Morgan fingerprint density at radius 2 is 2.00 bits per heavy atom. The van der Waals surface area contributed by atoms with Gasteiger partial charge in [-0.2, -0.15) is 5.10 Å². The Labute approximate surface area is 160 Å². The number of para-hydroxylation sites is 1. The molecule has 1 aromatic heterocycles. The monoisotopic (exact) mass is 368 g/mol. The molecule has 2 aliphatic rings. The molecule has 0 radical (unpaired) electrons. The van der Waals surface area contributed by atoms with E-state index in [1.54, 1.807) is 13.3 Å². The smallest absolute Gasteiger partial charge is 0.239 e. The van der Waals surface area contributed by atoms with Crippen molar-refractivity contribution in [2.45, 2.75) is 50.6 Å². The third-order valence-electron chi connectivity index (χ3n) is 5.82. The van der Waals surface area contributed by atoms with Crippen LogP contribution >= 0.6 is 0 Å². The lowest BCUT2D eigenvalue weighted by molar-refractivity contribution is -0.117. The number of amides is 1. The molecule has 1 atom stereocenters. The predicted octanol–water partition coefficient (Wildman–Crippen LogP) is 3.78. The predicted molar refractivity (Wildman–Crippen MR) is 105 cm³/mol. The van der Waals surface area contributed by atoms with Crippen LogP contribution in [0.4, 0.5) is 5.82 Å². The number of methoxy groups -OCH3 is 1. The number of nitrogens with one attached hydrogen (secondary N) is 1. The normalized spacial score (nSPS) is 20.9. The molecule has 0 bridgehead atoms. The molecule has 1 unspecified atom stereocenters. The SMILES string of the molecule is COc1ccccc1C1CCCN1CC(=O)Nc1ccnn1C1CCCC1. The number of aromatic nitrogens is 2. The fourth-order valence-electron chi connectivity index (χ4n) is 4.53. The first-order chi connectivity index (χ1) is 13.3. The summed E-state index contributed by atoms with van der Waals surface area (Å²) in [5, 5.41) is 7.52. The Kier molecular flexibility index (Phi) is 5.43. The summed E-state index contributed by atoms with van der Waals surface area (Å²) < 4.78 is 7.52. The molecule has 2 fully saturated rings. The first-order valence-electron chi connectivity index (χ1n) is 9.96. The molecule has 1 aliphatic carbocycles. The lowest BCUT2D eigenvalue weighted by atomic mass is 10.0. The molecule has 27 heavy (non-hydrogen) atoms. The number of carbonyl (C=O) groups excluding carboxylic acids is 1. The van der Waals surface area contributed by atoms with E-state index in [9.17, 15) is 4.79 Å². The first-order valence-corrected chi connectivity index (χ1v) is 9.96. The van der Waals surface area contributed by atoms with Crippen molar-refractivity contribution in [2.24, 2.45) is 0 Å². The fourth-order valence-corrected chi connectivity index (χ4v) is 4.53. The topological polar surface area (TPSA) is 59.4 Å². The first kappa shape index (κ1) is 18.0. The van der Waals surface area contributed by atoms with Crippen molar-refractivity contribution in [3.05, 3.63) is 42.1 Å². The second-order valence-corrected chi connectivity index (χ2v) is 7.52. The lowest BCUT2D eigenvalue weighted by Gasteiger charge is -2.25. The molecule has 1 N–H and O–H groups in total. The van der Waals surface area contributed by atoms with E-state index >= 15 is 0 Å². The molecule has 0 spiro atoms. The van der Waals surface area contributed by atoms with Crippen molar-refractivity contribution in [3.63, 3.8) is 0 Å². The maximum absolute atomic E-state index is 12.7. The Morgan fingerprint density at radius 1 is 1.19 bits per heavy atom. The van der Waals surface area contributed by atoms with Crippen LogP contribution in [0.1, 0.15) is 56.2 Å². The van der Waals surface area contributed by atoms with Crippen molar-refractivity contribution in [3.8, 4) is 5.75 Å². The van der Waals surface area contributed by atoms with Crippen LogP contribution in [0.5, 0.6) is 5.75 Å². The van der Waals surface area contributed by atoms with E-state index in [4.69, 9.17) is 4.74 Å². The second-order valence-electron chi connectivity index (χ2n) is 7.52. The highest BCUT2D eigenvalue weighted by Crippen LogP contribution is 2.36. The Bertz CT molecular complexity index is 782. The van der Waals surface area contributed by atoms with Crippen molar-refractivity contribution in [1.82, 2.24) is 14.7 Å². The van der Waals surface area contributed by atoms with Gasteiger partial charge in [0.05, 0.1) is 25.9 Å². The van der Waals surface area contributed by atoms with Crippen molar-refractivity contribution >= 4 is 11.7 Å². The highest BCUT2D eigenvalue weighted by Gasteiger charge is 2.30. The molecular weight excluding hydrogens is 340 g/mol. The summed E-state index contributed by atoms with van der Waals surface area (Å²) >= 11 is 0. The van der Waals surface area contributed by atoms with Gasteiger partial charge in [-0.1, -0.05) is 31.0 Å². The Morgan fingerprint density at radius 3 is 2.81 bits per heavy atom. The van der Waals surface area contributed by atoms with Crippen LogP contribution < -0.4 is 10.1 Å². The van der Waals surface area contributed by atoms with E-state index in [1.165, 1.54) is 18.4 Å². The highest BCUT2D eigenvalue weighted by atomic mass is 16.5. The molecule has 6 heteroatoms. The molecule has 1 aromatic carbocycles. The average Bonchev–Trinajstić information content (AvgIpc) is 3.43. The molecule has 4 rings (SSSR count). The highest BCUT2D eigenvalue weighted by molar-refractivity contribution is 5.91. The summed E-state index contributed by atoms with van der Waals surface area (Å²) in [5.74, 6) is 1.74. The number of rotatable bonds is 6. The van der Waals surface area contributed by atoms with Crippen LogP contribution in [0.25, 0.3) is 0 Å². The zero-order valence-electron chi connectivity index (χ0n) is 15.9. The van der Waals surface area contributed by atoms with Crippen molar-refractivity contribution in [2.75, 3.05) is 25.5 Å². The third kappa shape index (κ3) is 3.86. The molecule has 1 amide bonds. The maximum Gasteiger partial charge on any atom is 0.239 e. The summed E-state index contributed by atoms with van der Waals surface area (Å²) in [6, 6.07) is 10.7. The van der Waals surface area contributed by atoms with Gasteiger partial charge in [-0.15, -0.1) is 0 Å². The zero-order chi connectivity index (χ0) is 18.6. The van der Waals surface area contributed by atoms with Crippen LogP contribution in [-0.4, -0.2) is 40.8 Å². The molecule has 2 heterocycles. The molecular formula is C21H28N4O2. The molecule has 1 saturated heterocycles. The number of nitrogens with zero attached hydrogens (tertiary/aromatic N) is 3. The molecule has 6 nitrogen and oxygen atoms in total. The minimum Gasteiger partial charge on any atom is -0.496 e. The maximum atomic E-state index is 12.7. The Hall–Kier alpha value is -2.34. The summed E-state index contributed by atoms with van der Waals surface area (Å²) in [6.45, 7) is 1.32. The van der Waals surface area contributed by atoms with Crippen molar-refractivity contribution < 1.29 is 9.53 Å². The van der Waals surface area contributed by atoms with Crippen LogP contribution in [0.2, 0.25) is 0 Å². The van der Waals surface area contributed by atoms with Crippen LogP contribution in [0.15, 0.2) is 36.5 Å². The number of benzene rings is 1. The number of carbonyl (C=O) groups is 1. The van der Waals surface area contributed by atoms with E-state index in [1.807, 2.05) is 28.9 Å². The standard InChI is InChI=1S/C21H28N4O2/c1-27-19-11-5-4-9-17(19)18-10-6-14-24(18)15-21(26)23-20-12-13-22-25(20)16-7-2-3-8-16/h4-5,9,11-13,16,18H,2-3,6-8,10,14-15H2,1H3,(H,23,26). The van der Waals surface area contributed by atoms with E-state index in [-0.39, 0.29) is 11.9 Å². The number of likely N-dealkylation sites (tertiary alicyclic amines) is 1. The van der Waals surface area contributed by atoms with E-state index in [0.717, 1.165) is 43.8 Å². The van der Waals surface area contributed by atoms with E-state index < -0.39 is 0 Å². The van der Waals surface area contributed by atoms with Gasteiger partial charge in [0.15, 0.2) is 0 Å². The van der Waals surface area contributed by atoms with Gasteiger partial charge in [0.1, 0.15) is 11.6 Å². The summed E-state index contributed by atoms with van der Waals surface area (Å²) in [6.07, 6.45) is 8.70. The third-order valence-corrected chi connectivity index (χ3v) is 5.82. The average molecular weight is 368 g/mol. The number of ether oxygens (including phenoxy) is 1. The zero-order valence-corrected chi connectivity index (χ0v) is 15.9. The quantitative estimate of drug-likeness (QED) is 0.843. The fraction of sp³-hybridized carbons (Fsp3) is 0.524. The molecule has 1 aliphatic heterocycles. The molecule has 144 valence electrons. The van der Waals surface area contributed by atoms with Gasteiger partial charge in [0.25, 0.3) is 0 Å². The Balaban J connectivity index is 1.43. The largest absolute Gasteiger partial charge is 0.496 e. The summed E-state index contributed by atoms with van der Waals surface area (Å²) in [5.41, 5.74) is 1.17. The second kappa shape index (κ2) is 8.13. The van der Waals surface area contributed by atoms with Crippen LogP contribution in [0.3, 0.4) is 0 Å². The summed E-state index contributed by atoms with van der Waals surface area (Å²) in [4.78, 5) is 15.0. The molecule has 2 aromatic rings. The van der Waals surface area contributed by atoms with Gasteiger partial charge < -0.3 is 10.1 Å². The van der Waals surface area contributed by atoms with Gasteiger partial charge in [0.2, 0.25) is 5.91 Å². The van der Waals surface area contributed by atoms with Gasteiger partial charge in [-0.25, -0.2) is 4.68 Å². The lowest BCUT2D eigenvalue weighted by Crippen LogP contribution is -2.33. The van der Waals surface area contributed by atoms with Crippen LogP contribution in [-0.2, 0) is 4.79 Å². The van der Waals surface area contributed by atoms with Gasteiger partial charge in [-0.05, 0) is 38.3 Å². The minimum absolute atomic E-state index is 0.0246. The van der Waals surface area contributed by atoms with Crippen molar-refractivity contribution in [1.29, 1.82) is 0 Å². The minimum atomic E-state index is 0.0246. The van der Waals surface area contributed by atoms with Gasteiger partial charge in [0, 0.05) is 17.7 Å². The van der Waals surface area contributed by atoms with E-state index in [2.05, 4.69) is 21.4 Å². The number of hydrogen-bond donors (Lipinski definition) is 1. The number of anilines is 1. The van der Waals surface area contributed by atoms with Gasteiger partial charge in [-0.3, -0.25) is 9.69 Å².